The number of aryl methyl sites for hydroxylation is 1. The predicted octanol–water partition coefficient (Wildman–Crippen LogP) is 1.67. The molecule has 0 aliphatic rings. The lowest BCUT2D eigenvalue weighted by molar-refractivity contribution is -0.117. The van der Waals surface area contributed by atoms with Crippen LogP contribution in [0, 0.1) is 9.39 Å². The molecule has 1 heterocycles. The summed E-state index contributed by atoms with van der Waals surface area (Å²) in [6, 6.07) is 6.76. The first-order valence-corrected chi connectivity index (χ1v) is 9.22. The molecule has 0 aliphatic heterocycles. The molecule has 0 saturated carbocycles. The highest BCUT2D eigenvalue weighted by atomic mass is 127. The molecular weight excluding hydrogens is 464 g/mol. The van der Waals surface area contributed by atoms with E-state index in [2.05, 4.69) is 38.3 Å². The topological polar surface area (TPSA) is 115 Å². The van der Waals surface area contributed by atoms with Crippen molar-refractivity contribution in [3.8, 4) is 5.75 Å². The van der Waals surface area contributed by atoms with Crippen molar-refractivity contribution in [3.05, 3.63) is 62.9 Å². The Labute approximate surface area is 170 Å². The van der Waals surface area contributed by atoms with Crippen molar-refractivity contribution in [2.24, 2.45) is 11.6 Å². The fraction of sp³-hybridized carbons (Fsp3) is 0.222. The fourth-order valence-electron chi connectivity index (χ4n) is 2.43. The minimum atomic E-state index is -0.439. The minimum absolute atomic E-state index is 0.0223. The van der Waals surface area contributed by atoms with E-state index < -0.39 is 5.91 Å². The summed E-state index contributed by atoms with van der Waals surface area (Å²) in [5.41, 5.74) is 10.2. The predicted molar refractivity (Wildman–Crippen MR) is 110 cm³/mol. The van der Waals surface area contributed by atoms with Crippen LogP contribution < -0.4 is 27.1 Å². The Balaban J connectivity index is 1.99. The van der Waals surface area contributed by atoms with Crippen molar-refractivity contribution in [3.63, 3.8) is 0 Å². The number of hydrazine groups is 1. The van der Waals surface area contributed by atoms with Gasteiger partial charge in [-0.05, 0) is 65.3 Å². The second-order valence-corrected chi connectivity index (χ2v) is 6.82. The largest absolute Gasteiger partial charge is 0.496 e. The van der Waals surface area contributed by atoms with Crippen LogP contribution in [0.15, 0.2) is 42.4 Å². The van der Waals surface area contributed by atoms with Crippen molar-refractivity contribution in [1.82, 2.24) is 15.7 Å². The molecule has 0 aliphatic carbocycles. The Hall–Kier alpha value is -2.40. The fourth-order valence-corrected chi connectivity index (χ4v) is 3.17. The molecule has 27 heavy (non-hydrogen) atoms. The van der Waals surface area contributed by atoms with Crippen molar-refractivity contribution < 1.29 is 13.9 Å². The number of nitrogens with one attached hydrogen (secondary N) is 2. The second-order valence-electron chi connectivity index (χ2n) is 5.65. The highest BCUT2D eigenvalue weighted by Gasteiger charge is 2.14. The standard InChI is InChI=1S/C18H21FIN5O2/c1-27-15-5-4-12(8-14(15)20)17(25-22)16(21)18(26)24-6-2-3-11-7-13(19)10-23-9-11/h4-5,7-10,25H,2-3,6,21-22H2,1H3,(H,24,26)/b17-16-. The summed E-state index contributed by atoms with van der Waals surface area (Å²) < 4.78 is 19.2. The molecular formula is C18H21FIN5O2. The molecule has 1 amide bonds. The number of aromatic nitrogens is 1. The number of nitrogens with two attached hydrogens (primary N) is 2. The average molecular weight is 485 g/mol. The highest BCUT2D eigenvalue weighted by Crippen LogP contribution is 2.24. The third kappa shape index (κ3) is 5.79. The van der Waals surface area contributed by atoms with E-state index in [0.717, 1.165) is 15.3 Å². The van der Waals surface area contributed by atoms with Gasteiger partial charge in [0.25, 0.3) is 5.91 Å². The van der Waals surface area contributed by atoms with Crippen LogP contribution in [0.4, 0.5) is 4.39 Å². The molecule has 9 heteroatoms. The zero-order valence-electron chi connectivity index (χ0n) is 14.8. The molecule has 2 rings (SSSR count). The van der Waals surface area contributed by atoms with E-state index in [1.807, 2.05) is 6.07 Å². The van der Waals surface area contributed by atoms with E-state index in [4.69, 9.17) is 16.3 Å². The van der Waals surface area contributed by atoms with Gasteiger partial charge in [-0.2, -0.15) is 0 Å². The molecule has 144 valence electrons. The van der Waals surface area contributed by atoms with Crippen LogP contribution in [0.5, 0.6) is 5.75 Å². The lowest BCUT2D eigenvalue weighted by Gasteiger charge is -2.13. The average Bonchev–Trinajstić information content (AvgIpc) is 2.65. The van der Waals surface area contributed by atoms with Crippen molar-refractivity contribution in [2.75, 3.05) is 13.7 Å². The first-order valence-electron chi connectivity index (χ1n) is 8.14. The van der Waals surface area contributed by atoms with E-state index >= 15 is 0 Å². The van der Waals surface area contributed by atoms with Crippen molar-refractivity contribution >= 4 is 34.2 Å². The summed E-state index contributed by atoms with van der Waals surface area (Å²) >= 11 is 2.12. The molecule has 6 N–H and O–H groups in total. The molecule has 0 radical (unpaired) electrons. The Kier molecular flexibility index (Phi) is 7.80. The first-order chi connectivity index (χ1) is 13.0. The van der Waals surface area contributed by atoms with Gasteiger partial charge < -0.3 is 21.2 Å². The number of benzene rings is 1. The zero-order valence-corrected chi connectivity index (χ0v) is 16.9. The number of ether oxygens (including phenoxy) is 1. The Morgan fingerprint density at radius 2 is 2.11 bits per heavy atom. The van der Waals surface area contributed by atoms with Gasteiger partial charge >= 0.3 is 0 Å². The van der Waals surface area contributed by atoms with Gasteiger partial charge in [-0.15, -0.1) is 0 Å². The third-order valence-electron chi connectivity index (χ3n) is 3.79. The maximum atomic E-state index is 13.1. The maximum absolute atomic E-state index is 13.1. The summed E-state index contributed by atoms with van der Waals surface area (Å²) in [7, 11) is 1.58. The van der Waals surface area contributed by atoms with Gasteiger partial charge in [-0.1, -0.05) is 0 Å². The van der Waals surface area contributed by atoms with Crippen LogP contribution in [0.25, 0.3) is 5.70 Å². The maximum Gasteiger partial charge on any atom is 0.269 e. The zero-order chi connectivity index (χ0) is 19.8. The smallest absolute Gasteiger partial charge is 0.269 e. The second kappa shape index (κ2) is 10.1. The van der Waals surface area contributed by atoms with Gasteiger partial charge in [-0.25, -0.2) is 4.39 Å². The minimum Gasteiger partial charge on any atom is -0.496 e. The van der Waals surface area contributed by atoms with Crippen LogP contribution in [0.3, 0.4) is 0 Å². The monoisotopic (exact) mass is 485 g/mol. The number of nitrogens with zero attached hydrogens (tertiary/aromatic N) is 1. The van der Waals surface area contributed by atoms with Gasteiger partial charge in [0.1, 0.15) is 17.3 Å². The van der Waals surface area contributed by atoms with Crippen molar-refractivity contribution in [2.45, 2.75) is 12.8 Å². The summed E-state index contributed by atoms with van der Waals surface area (Å²) in [4.78, 5) is 16.1. The van der Waals surface area contributed by atoms with E-state index in [9.17, 15) is 9.18 Å². The Bertz CT molecular complexity index is 844. The molecule has 0 bridgehead atoms. The summed E-state index contributed by atoms with van der Waals surface area (Å²) in [6.07, 6.45) is 3.96. The van der Waals surface area contributed by atoms with Gasteiger partial charge in [0.15, 0.2) is 0 Å². The molecule has 7 nitrogen and oxygen atoms in total. The number of halogens is 2. The highest BCUT2D eigenvalue weighted by molar-refractivity contribution is 14.1. The molecule has 1 aromatic heterocycles. The number of pyridine rings is 1. The van der Waals surface area contributed by atoms with Gasteiger partial charge in [0.05, 0.1) is 22.6 Å². The SMILES string of the molecule is COc1ccc(/C(NN)=C(/N)C(=O)NCCCc2cncc(F)c2)cc1I. The van der Waals surface area contributed by atoms with E-state index in [-0.39, 0.29) is 11.5 Å². The number of methoxy groups -OCH3 is 1. The van der Waals surface area contributed by atoms with Crippen LogP contribution >= 0.6 is 22.6 Å². The molecule has 0 fully saturated rings. The Morgan fingerprint density at radius 3 is 2.74 bits per heavy atom. The lowest BCUT2D eigenvalue weighted by atomic mass is 10.1. The van der Waals surface area contributed by atoms with E-state index in [1.165, 1.54) is 6.07 Å². The molecule has 0 unspecified atom stereocenters. The first kappa shape index (κ1) is 20.9. The third-order valence-corrected chi connectivity index (χ3v) is 4.63. The van der Waals surface area contributed by atoms with Crippen LogP contribution in [0.2, 0.25) is 0 Å². The van der Waals surface area contributed by atoms with Crippen molar-refractivity contribution in [1.29, 1.82) is 0 Å². The number of carbonyl (C=O) groups is 1. The van der Waals surface area contributed by atoms with Crippen LogP contribution in [-0.4, -0.2) is 24.5 Å². The number of carbonyl (C=O) groups excluding carboxylic acids is 1. The Morgan fingerprint density at radius 1 is 1.33 bits per heavy atom. The normalized spacial score (nSPS) is 11.6. The number of hydrogen-bond donors (Lipinski definition) is 4. The molecule has 0 spiro atoms. The summed E-state index contributed by atoms with van der Waals surface area (Å²) in [6.45, 7) is 0.383. The van der Waals surface area contributed by atoms with Gasteiger partial charge in [0.2, 0.25) is 0 Å². The van der Waals surface area contributed by atoms with Crippen LogP contribution in [0.1, 0.15) is 17.5 Å². The number of hydrogen-bond acceptors (Lipinski definition) is 6. The molecule has 1 aromatic carbocycles. The van der Waals surface area contributed by atoms with Gasteiger partial charge in [-0.3, -0.25) is 15.6 Å². The quantitative estimate of drug-likeness (QED) is 0.149. The lowest BCUT2D eigenvalue weighted by Crippen LogP contribution is -2.34. The number of amides is 1. The number of rotatable bonds is 8. The van der Waals surface area contributed by atoms with Crippen LogP contribution in [-0.2, 0) is 11.2 Å². The van der Waals surface area contributed by atoms with E-state index in [1.54, 1.807) is 25.4 Å². The summed E-state index contributed by atoms with van der Waals surface area (Å²) in [5.74, 6) is 5.46. The summed E-state index contributed by atoms with van der Waals surface area (Å²) in [5, 5.41) is 2.73. The molecule has 0 saturated heterocycles. The molecule has 2 aromatic rings. The van der Waals surface area contributed by atoms with E-state index in [0.29, 0.717) is 36.4 Å². The molecule has 0 atom stereocenters. The van der Waals surface area contributed by atoms with Gasteiger partial charge in [0, 0.05) is 18.3 Å².